The molecule has 262 valence electrons. The molecule has 50 heavy (non-hydrogen) atoms. The zero-order valence-electron chi connectivity index (χ0n) is 28.4. The zero-order chi connectivity index (χ0) is 35.5. The lowest BCUT2D eigenvalue weighted by molar-refractivity contribution is -0.385. The second-order valence-corrected chi connectivity index (χ2v) is 18.2. The summed E-state index contributed by atoms with van der Waals surface area (Å²) in [5, 5.41) is 21.8. The Morgan fingerprint density at radius 3 is 2.52 bits per heavy atom. The van der Waals surface area contributed by atoms with Gasteiger partial charge in [-0.25, -0.2) is 0 Å². The van der Waals surface area contributed by atoms with Gasteiger partial charge in [-0.3, -0.25) is 29.4 Å². The van der Waals surface area contributed by atoms with E-state index in [1.165, 1.54) is 23.1 Å². The Bertz CT molecular complexity index is 1870. The predicted octanol–water partition coefficient (Wildman–Crippen LogP) is 5.90. The number of ether oxygens (including phenoxy) is 1. The number of hydrogen-bond donors (Lipinski definition) is 1. The number of halogens is 1. The highest BCUT2D eigenvalue weighted by Crippen LogP contribution is 2.60. The normalized spacial score (nSPS) is 26.1. The molecule has 0 radical (unpaired) electrons. The summed E-state index contributed by atoms with van der Waals surface area (Å²) in [4.78, 5) is 57.6. The fraction of sp³-hybridized carbons (Fsp3) is 0.432. The van der Waals surface area contributed by atoms with Crippen LogP contribution >= 0.6 is 0 Å². The second kappa shape index (κ2) is 12.7. The van der Waals surface area contributed by atoms with Gasteiger partial charge in [0, 0.05) is 47.8 Å². The van der Waals surface area contributed by atoms with E-state index in [0.29, 0.717) is 42.7 Å². The molecule has 1 spiro atoms. The van der Waals surface area contributed by atoms with Crippen LogP contribution in [0, 0.1) is 16.0 Å². The molecule has 0 aliphatic carbocycles. The average Bonchev–Trinajstić information content (AvgIpc) is 3.75. The lowest BCUT2D eigenvalue weighted by atomic mass is 9.82. The summed E-state index contributed by atoms with van der Waals surface area (Å²) in [5.74, 6) is -1.47. The molecular formula is C37H41FN4O7Si. The number of likely N-dealkylation sites (tertiary alicyclic amines) is 1. The van der Waals surface area contributed by atoms with Crippen molar-refractivity contribution in [2.45, 2.75) is 82.0 Å². The summed E-state index contributed by atoms with van der Waals surface area (Å²) < 4.78 is 23.0. The van der Waals surface area contributed by atoms with Gasteiger partial charge in [0.25, 0.3) is 11.6 Å². The Morgan fingerprint density at radius 1 is 1.08 bits per heavy atom. The van der Waals surface area contributed by atoms with Crippen molar-refractivity contribution >= 4 is 48.9 Å². The summed E-state index contributed by atoms with van der Waals surface area (Å²) in [6, 6.07) is 19.1. The highest BCUT2D eigenvalue weighted by Gasteiger charge is 2.67. The Morgan fingerprint density at radius 2 is 1.82 bits per heavy atom. The number of amides is 3. The van der Waals surface area contributed by atoms with Gasteiger partial charge in [0.15, 0.2) is 5.60 Å². The maximum atomic E-state index is 16.3. The van der Waals surface area contributed by atoms with Crippen LogP contribution < -0.4 is 9.80 Å². The van der Waals surface area contributed by atoms with Crippen molar-refractivity contribution in [2.24, 2.45) is 5.92 Å². The summed E-state index contributed by atoms with van der Waals surface area (Å²) in [6.45, 7) is 5.25. The van der Waals surface area contributed by atoms with Crippen LogP contribution in [0.15, 0.2) is 66.7 Å². The van der Waals surface area contributed by atoms with Crippen LogP contribution in [-0.4, -0.2) is 66.4 Å². The van der Waals surface area contributed by atoms with E-state index in [0.717, 1.165) is 23.2 Å². The van der Waals surface area contributed by atoms with E-state index in [1.807, 2.05) is 48.5 Å². The monoisotopic (exact) mass is 700 g/mol. The van der Waals surface area contributed by atoms with Crippen LogP contribution in [-0.2, 0) is 37.7 Å². The van der Waals surface area contributed by atoms with Crippen molar-refractivity contribution in [3.8, 4) is 0 Å². The fourth-order valence-electron chi connectivity index (χ4n) is 8.79. The number of nitrogens with zero attached hydrogens (tertiary/aromatic N) is 4. The van der Waals surface area contributed by atoms with Gasteiger partial charge < -0.3 is 23.8 Å². The number of anilines is 3. The molecule has 3 amide bonds. The smallest absolute Gasteiger partial charge is 0.269 e. The molecule has 11 nitrogen and oxygen atoms in total. The standard InChI is InChI=1S/C37H41FN4O7Si/c1-23-35(50(2,3)38)32(20-34(45)39-18-6-8-28(39)22-43)49-37(23)29-19-27(42(47)48)15-16-31(29)40(36(37)46)21-24-10-13-26(14-11-24)41-30-9-5-4-7-25(30)12-17-33(41)44/h4-5,7,9-11,13-16,19,23,28,32,35,43H,6,8,12,17-18,20-22H2,1-3H3/t23-,28-,32+,35-,37+/m0/s1. The number of benzene rings is 3. The first-order chi connectivity index (χ1) is 23.8. The number of para-hydroxylation sites is 1. The largest absolute Gasteiger partial charge is 0.394 e. The minimum atomic E-state index is -3.59. The molecule has 3 aromatic rings. The summed E-state index contributed by atoms with van der Waals surface area (Å²) in [7, 11) is -3.59. The van der Waals surface area contributed by atoms with E-state index in [-0.39, 0.29) is 43.1 Å². The van der Waals surface area contributed by atoms with Gasteiger partial charge in [0.05, 0.1) is 48.0 Å². The van der Waals surface area contributed by atoms with Crippen molar-refractivity contribution < 1.29 is 33.3 Å². The molecular weight excluding hydrogens is 660 g/mol. The lowest BCUT2D eigenvalue weighted by Gasteiger charge is -2.31. The van der Waals surface area contributed by atoms with E-state index in [4.69, 9.17) is 4.74 Å². The topological polar surface area (TPSA) is 134 Å². The van der Waals surface area contributed by atoms with Crippen LogP contribution in [0.2, 0.25) is 18.6 Å². The molecule has 4 aliphatic heterocycles. The van der Waals surface area contributed by atoms with Crippen LogP contribution in [0.1, 0.15) is 49.3 Å². The van der Waals surface area contributed by atoms with E-state index in [2.05, 4.69) is 0 Å². The number of carbonyl (C=O) groups is 3. The SMILES string of the molecule is C[C@H]1[C@H]([Si](C)(C)F)[C@@H](CC(=O)N2CCC[C@H]2CO)O[C@]12C(=O)N(Cc1ccc(N3C(=O)CCc4ccccc43)cc1)c1ccc([N+](=O)[O-])cc12. The van der Waals surface area contributed by atoms with Gasteiger partial charge in [-0.2, -0.15) is 0 Å². The highest BCUT2D eigenvalue weighted by molar-refractivity contribution is 6.72. The molecule has 0 bridgehead atoms. The summed E-state index contributed by atoms with van der Waals surface area (Å²) in [5.41, 5.74) is 1.39. The minimum Gasteiger partial charge on any atom is -0.394 e. The maximum absolute atomic E-state index is 16.3. The Balaban J connectivity index is 1.23. The van der Waals surface area contributed by atoms with Gasteiger partial charge in [-0.1, -0.05) is 37.3 Å². The lowest BCUT2D eigenvalue weighted by Crippen LogP contribution is -2.45. The summed E-state index contributed by atoms with van der Waals surface area (Å²) in [6.07, 6.45) is 1.40. The van der Waals surface area contributed by atoms with Crippen molar-refractivity contribution in [1.29, 1.82) is 0 Å². The number of aryl methyl sites for hydroxylation is 1. The first kappa shape index (κ1) is 34.0. The van der Waals surface area contributed by atoms with Gasteiger partial charge >= 0.3 is 0 Å². The van der Waals surface area contributed by atoms with Crippen LogP contribution in [0.3, 0.4) is 0 Å². The number of carbonyl (C=O) groups excluding carboxylic acids is 3. The number of non-ortho nitro benzene ring substituents is 1. The fourth-order valence-corrected chi connectivity index (χ4v) is 11.3. The number of nitro benzene ring substituents is 1. The molecule has 0 saturated carbocycles. The molecule has 2 fully saturated rings. The first-order valence-electron chi connectivity index (χ1n) is 17.2. The maximum Gasteiger partial charge on any atom is 0.269 e. The van der Waals surface area contributed by atoms with Crippen LogP contribution in [0.4, 0.5) is 26.9 Å². The third kappa shape index (κ3) is 5.51. The molecule has 4 aliphatic rings. The minimum absolute atomic E-state index is 0.00505. The molecule has 7 rings (SSSR count). The number of nitro groups is 1. The third-order valence-corrected chi connectivity index (χ3v) is 13.5. The number of hydrogen-bond acceptors (Lipinski definition) is 7. The molecule has 5 atom stereocenters. The van der Waals surface area contributed by atoms with Crippen molar-refractivity contribution in [1.82, 2.24) is 4.90 Å². The number of fused-ring (bicyclic) bond motifs is 3. The molecule has 4 heterocycles. The molecule has 0 aromatic heterocycles. The number of rotatable bonds is 8. The molecule has 1 N–H and O–H groups in total. The van der Waals surface area contributed by atoms with E-state index in [9.17, 15) is 29.6 Å². The van der Waals surface area contributed by atoms with Crippen molar-refractivity contribution in [2.75, 3.05) is 23.0 Å². The first-order valence-corrected chi connectivity index (χ1v) is 20.2. The Hall–Kier alpha value is -4.46. The quantitative estimate of drug-likeness (QED) is 0.134. The third-order valence-electron chi connectivity index (χ3n) is 11.1. The average molecular weight is 701 g/mol. The number of aliphatic hydroxyl groups is 1. The van der Waals surface area contributed by atoms with Crippen LogP contribution in [0.5, 0.6) is 0 Å². The van der Waals surface area contributed by atoms with E-state index in [1.54, 1.807) is 29.8 Å². The molecule has 2 saturated heterocycles. The van der Waals surface area contributed by atoms with Gasteiger partial charge in [-0.05, 0) is 67.7 Å². The molecule has 13 heteroatoms. The van der Waals surface area contributed by atoms with Gasteiger partial charge in [-0.15, -0.1) is 0 Å². The van der Waals surface area contributed by atoms with E-state index < -0.39 is 42.4 Å². The summed E-state index contributed by atoms with van der Waals surface area (Å²) >= 11 is 0. The predicted molar refractivity (Wildman–Crippen MR) is 187 cm³/mol. The molecule has 0 unspecified atom stereocenters. The zero-order valence-corrected chi connectivity index (χ0v) is 29.4. The van der Waals surface area contributed by atoms with Crippen LogP contribution in [0.25, 0.3) is 0 Å². The Labute approximate surface area is 291 Å². The van der Waals surface area contributed by atoms with Crippen molar-refractivity contribution in [3.05, 3.63) is 93.5 Å². The van der Waals surface area contributed by atoms with Gasteiger partial charge in [0.2, 0.25) is 20.2 Å². The second-order valence-electron chi connectivity index (χ2n) is 14.4. The highest BCUT2D eigenvalue weighted by atomic mass is 28.4. The number of aliphatic hydroxyl groups excluding tert-OH is 1. The van der Waals surface area contributed by atoms with Crippen molar-refractivity contribution in [3.63, 3.8) is 0 Å². The Kier molecular flexibility index (Phi) is 8.64. The molecule has 3 aromatic carbocycles. The van der Waals surface area contributed by atoms with Gasteiger partial charge in [0.1, 0.15) is 0 Å². The van der Waals surface area contributed by atoms with E-state index >= 15 is 4.11 Å².